The molecule has 1 fully saturated rings. The van der Waals surface area contributed by atoms with Crippen LogP contribution < -0.4 is 16.0 Å². The van der Waals surface area contributed by atoms with Crippen molar-refractivity contribution >= 4 is 11.8 Å². The molecule has 0 atom stereocenters. The minimum Gasteiger partial charge on any atom is -0.354 e. The predicted octanol–water partition coefficient (Wildman–Crippen LogP) is -0.0630. The zero-order valence-electron chi connectivity index (χ0n) is 10.7. The molecule has 1 heterocycles. The van der Waals surface area contributed by atoms with E-state index in [1.807, 2.05) is 20.8 Å². The molecular weight excluding hydrogens is 218 g/mol. The molecule has 2 amide bonds. The molecule has 0 unspecified atom stereocenters. The summed E-state index contributed by atoms with van der Waals surface area (Å²) in [5.41, 5.74) is 1.92. The highest BCUT2D eigenvalue weighted by molar-refractivity contribution is 5.94. The molecule has 0 aromatic carbocycles. The topological polar surface area (TPSA) is 70.2 Å². The molecule has 0 saturated carbocycles. The van der Waals surface area contributed by atoms with Crippen LogP contribution >= 0.6 is 0 Å². The summed E-state index contributed by atoms with van der Waals surface area (Å²) in [5, 5.41) is 8.62. The fourth-order valence-corrected chi connectivity index (χ4v) is 1.49. The van der Waals surface area contributed by atoms with Crippen LogP contribution in [0, 0.1) is 0 Å². The Morgan fingerprint density at radius 2 is 2.00 bits per heavy atom. The van der Waals surface area contributed by atoms with Gasteiger partial charge in [-0.05, 0) is 26.3 Å². The number of carbonyl (C=O) groups excluding carboxylic acids is 2. The van der Waals surface area contributed by atoms with Crippen LogP contribution in [0.25, 0.3) is 0 Å². The quantitative estimate of drug-likeness (QED) is 0.589. The maximum Gasteiger partial charge on any atom is 0.246 e. The van der Waals surface area contributed by atoms with Crippen LogP contribution in [0.4, 0.5) is 0 Å². The summed E-state index contributed by atoms with van der Waals surface area (Å²) in [6, 6.07) is 0.142. The summed E-state index contributed by atoms with van der Waals surface area (Å²) in [4.78, 5) is 23.0. The van der Waals surface area contributed by atoms with Crippen LogP contribution in [0.3, 0.4) is 0 Å². The monoisotopic (exact) mass is 239 g/mol. The van der Waals surface area contributed by atoms with Gasteiger partial charge in [0.15, 0.2) is 0 Å². The zero-order valence-corrected chi connectivity index (χ0v) is 10.7. The third-order valence-electron chi connectivity index (χ3n) is 2.63. The lowest BCUT2D eigenvalue weighted by molar-refractivity contribution is -0.121. The summed E-state index contributed by atoms with van der Waals surface area (Å²) >= 11 is 0. The summed E-state index contributed by atoms with van der Waals surface area (Å²) in [5.74, 6) is -0.102. The maximum absolute atomic E-state index is 11.7. The van der Waals surface area contributed by atoms with Crippen molar-refractivity contribution < 1.29 is 9.59 Å². The van der Waals surface area contributed by atoms with Gasteiger partial charge in [0.25, 0.3) is 0 Å². The van der Waals surface area contributed by atoms with E-state index >= 15 is 0 Å². The number of rotatable bonds is 5. The first-order valence-electron chi connectivity index (χ1n) is 5.97. The van der Waals surface area contributed by atoms with Gasteiger partial charge in [-0.3, -0.25) is 9.59 Å². The van der Waals surface area contributed by atoms with Crippen molar-refractivity contribution in [1.29, 1.82) is 0 Å². The van der Waals surface area contributed by atoms with Crippen LogP contribution in [-0.4, -0.2) is 37.5 Å². The van der Waals surface area contributed by atoms with Crippen molar-refractivity contribution in [3.63, 3.8) is 0 Å². The molecule has 0 bridgehead atoms. The summed E-state index contributed by atoms with van der Waals surface area (Å²) in [6.07, 6.45) is 0.324. The van der Waals surface area contributed by atoms with Crippen LogP contribution in [0.15, 0.2) is 11.1 Å². The number of carbonyl (C=O) groups is 2. The Morgan fingerprint density at radius 3 is 2.47 bits per heavy atom. The molecular formula is C12H21N3O2. The fraction of sp³-hybridized carbons (Fsp3) is 0.667. The van der Waals surface area contributed by atoms with E-state index in [-0.39, 0.29) is 17.9 Å². The van der Waals surface area contributed by atoms with Gasteiger partial charge in [-0.2, -0.15) is 0 Å². The molecule has 1 aliphatic rings. The van der Waals surface area contributed by atoms with Gasteiger partial charge in [-0.15, -0.1) is 0 Å². The van der Waals surface area contributed by atoms with Gasteiger partial charge < -0.3 is 16.0 Å². The van der Waals surface area contributed by atoms with Crippen LogP contribution in [-0.2, 0) is 9.59 Å². The van der Waals surface area contributed by atoms with Gasteiger partial charge in [0.05, 0.1) is 0 Å². The van der Waals surface area contributed by atoms with E-state index in [0.29, 0.717) is 13.0 Å². The Balaban J connectivity index is 2.22. The molecule has 0 aromatic rings. The molecule has 17 heavy (non-hydrogen) atoms. The largest absolute Gasteiger partial charge is 0.354 e. The Bertz CT molecular complexity index is 329. The summed E-state index contributed by atoms with van der Waals surface area (Å²) in [6.45, 7) is 7.62. The van der Waals surface area contributed by atoms with Gasteiger partial charge in [-0.25, -0.2) is 0 Å². The second-order valence-electron chi connectivity index (χ2n) is 4.56. The highest BCUT2D eigenvalue weighted by Crippen LogP contribution is 2.08. The minimum atomic E-state index is -0.0705. The molecule has 5 nitrogen and oxygen atoms in total. The van der Waals surface area contributed by atoms with Crippen LogP contribution in [0.5, 0.6) is 0 Å². The van der Waals surface area contributed by atoms with Gasteiger partial charge in [-0.1, -0.05) is 0 Å². The molecule has 1 aliphatic heterocycles. The second-order valence-corrected chi connectivity index (χ2v) is 4.56. The van der Waals surface area contributed by atoms with Gasteiger partial charge in [0.2, 0.25) is 11.8 Å². The lowest BCUT2D eigenvalue weighted by Crippen LogP contribution is -2.38. The molecule has 1 rings (SSSR count). The first kappa shape index (κ1) is 13.7. The molecule has 0 aliphatic carbocycles. The normalized spacial score (nSPS) is 14.2. The van der Waals surface area contributed by atoms with E-state index in [1.165, 1.54) is 0 Å². The predicted molar refractivity (Wildman–Crippen MR) is 66.5 cm³/mol. The number of nitrogens with one attached hydrogen (secondary N) is 3. The van der Waals surface area contributed by atoms with Crippen LogP contribution in [0.1, 0.15) is 27.2 Å². The third kappa shape index (κ3) is 4.56. The van der Waals surface area contributed by atoms with Crippen molar-refractivity contribution in [3.05, 3.63) is 11.1 Å². The highest BCUT2D eigenvalue weighted by Gasteiger charge is 2.15. The molecule has 1 saturated heterocycles. The van der Waals surface area contributed by atoms with E-state index in [2.05, 4.69) is 16.0 Å². The van der Waals surface area contributed by atoms with E-state index in [1.54, 1.807) is 0 Å². The van der Waals surface area contributed by atoms with E-state index in [0.717, 1.165) is 24.2 Å². The third-order valence-corrected chi connectivity index (χ3v) is 2.63. The van der Waals surface area contributed by atoms with Crippen LogP contribution in [0.2, 0.25) is 0 Å². The number of hydrogen-bond donors (Lipinski definition) is 3. The molecule has 0 aromatic heterocycles. The highest BCUT2D eigenvalue weighted by atomic mass is 16.2. The second kappa shape index (κ2) is 6.39. The lowest BCUT2D eigenvalue weighted by atomic mass is 10.0. The SMILES string of the molecule is CC(C(=O)NCCC(=O)NC(C)C)=C1CNC1. The van der Waals surface area contributed by atoms with E-state index in [4.69, 9.17) is 0 Å². The maximum atomic E-state index is 11.7. The van der Waals surface area contributed by atoms with Gasteiger partial charge >= 0.3 is 0 Å². The Labute approximate surface area is 102 Å². The Kier molecular flexibility index (Phi) is 5.15. The van der Waals surface area contributed by atoms with Crippen molar-refractivity contribution in [3.8, 4) is 0 Å². The van der Waals surface area contributed by atoms with Gasteiger partial charge in [0.1, 0.15) is 0 Å². The average Bonchev–Trinajstić information content (AvgIpc) is 2.13. The van der Waals surface area contributed by atoms with Gasteiger partial charge in [0, 0.05) is 37.7 Å². The molecule has 0 spiro atoms. The first-order chi connectivity index (χ1) is 8.00. The zero-order chi connectivity index (χ0) is 12.8. The average molecular weight is 239 g/mol. The number of amides is 2. The minimum absolute atomic E-state index is 0.0316. The van der Waals surface area contributed by atoms with Crippen molar-refractivity contribution in [2.45, 2.75) is 33.2 Å². The molecule has 96 valence electrons. The first-order valence-corrected chi connectivity index (χ1v) is 5.97. The van der Waals surface area contributed by atoms with E-state index in [9.17, 15) is 9.59 Å². The lowest BCUT2D eigenvalue weighted by Gasteiger charge is -2.21. The molecule has 5 heteroatoms. The summed E-state index contributed by atoms with van der Waals surface area (Å²) in [7, 11) is 0. The molecule has 3 N–H and O–H groups in total. The van der Waals surface area contributed by atoms with E-state index < -0.39 is 0 Å². The number of hydrogen-bond acceptors (Lipinski definition) is 3. The Morgan fingerprint density at radius 1 is 1.35 bits per heavy atom. The smallest absolute Gasteiger partial charge is 0.246 e. The Hall–Kier alpha value is -1.36. The standard InChI is InChI=1S/C12H21N3O2/c1-8(2)15-11(16)4-5-14-12(17)9(3)10-6-13-7-10/h8,13H,4-7H2,1-3H3,(H,14,17)(H,15,16). The van der Waals surface area contributed by atoms with Crippen molar-refractivity contribution in [1.82, 2.24) is 16.0 Å². The van der Waals surface area contributed by atoms with Crippen molar-refractivity contribution in [2.75, 3.05) is 19.6 Å². The van der Waals surface area contributed by atoms with Crippen molar-refractivity contribution in [2.24, 2.45) is 0 Å². The fourth-order valence-electron chi connectivity index (χ4n) is 1.49. The molecule has 0 radical (unpaired) electrons. The summed E-state index contributed by atoms with van der Waals surface area (Å²) < 4.78 is 0.